The average molecular weight is 328 g/mol. The monoisotopic (exact) mass is 328 g/mol. The molecule has 0 fully saturated rings. The molecule has 2 aromatic carbocycles. The molecule has 6 heteroatoms. The zero-order chi connectivity index (χ0) is 17.1. The first-order chi connectivity index (χ1) is 11.6. The molecule has 0 bridgehead atoms. The summed E-state index contributed by atoms with van der Waals surface area (Å²) in [6, 6.07) is 16.8. The Kier molecular flexibility index (Phi) is 4.37. The first-order valence-corrected chi connectivity index (χ1v) is 7.38. The van der Waals surface area contributed by atoms with Gasteiger partial charge >= 0.3 is 0 Å². The van der Waals surface area contributed by atoms with Gasteiger partial charge in [-0.15, -0.1) is 4.68 Å². The van der Waals surface area contributed by atoms with E-state index in [1.165, 1.54) is 10.9 Å². The fourth-order valence-corrected chi connectivity index (χ4v) is 2.54. The number of nitrogens with zero attached hydrogens (tertiary/aromatic N) is 1. The Hall–Kier alpha value is -3.02. The second-order valence-corrected chi connectivity index (χ2v) is 5.35. The molecule has 1 amide bonds. The number of hydrogen-bond acceptors (Lipinski definition) is 1. The maximum absolute atomic E-state index is 13.1. The molecule has 0 saturated carbocycles. The van der Waals surface area contributed by atoms with Gasteiger partial charge < -0.3 is 5.32 Å². The van der Waals surface area contributed by atoms with Crippen molar-refractivity contribution in [3.8, 4) is 11.1 Å². The minimum absolute atomic E-state index is 0.0737. The molecule has 2 N–H and O–H groups in total. The number of aromatic amines is 1. The fourth-order valence-electron chi connectivity index (χ4n) is 2.54. The highest BCUT2D eigenvalue weighted by Gasteiger charge is 2.26. The van der Waals surface area contributed by atoms with Crippen molar-refractivity contribution in [1.29, 1.82) is 0 Å². The fraction of sp³-hybridized carbons (Fsp3) is 0.111. The first-order valence-electron chi connectivity index (χ1n) is 7.38. The molecule has 0 unspecified atom stereocenters. The number of anilines is 1. The molecular weight excluding hydrogens is 312 g/mol. The third-order valence-electron chi connectivity index (χ3n) is 3.63. The van der Waals surface area contributed by atoms with Crippen molar-refractivity contribution >= 4 is 11.6 Å². The Balaban J connectivity index is 1.94. The van der Waals surface area contributed by atoms with E-state index in [2.05, 4.69) is 10.4 Å². The van der Waals surface area contributed by atoms with E-state index in [0.717, 1.165) is 11.1 Å². The summed E-state index contributed by atoms with van der Waals surface area (Å²) in [4.78, 5) is 12.5. The highest BCUT2D eigenvalue weighted by molar-refractivity contribution is 6.06. The second kappa shape index (κ2) is 6.62. The van der Waals surface area contributed by atoms with Crippen LogP contribution in [0.5, 0.6) is 0 Å². The molecule has 24 heavy (non-hydrogen) atoms. The summed E-state index contributed by atoms with van der Waals surface area (Å²) in [6.45, 7) is 0. The van der Waals surface area contributed by atoms with Gasteiger partial charge in [0.05, 0.1) is 0 Å². The first kappa shape index (κ1) is 15.9. The summed E-state index contributed by atoms with van der Waals surface area (Å²) in [5.41, 5.74) is 1.85. The molecule has 1 aromatic heterocycles. The molecule has 0 aliphatic heterocycles. The van der Waals surface area contributed by atoms with Crippen LogP contribution in [0.15, 0.2) is 60.8 Å². The molecule has 0 aliphatic rings. The maximum Gasteiger partial charge on any atom is 0.284 e. The van der Waals surface area contributed by atoms with Crippen LogP contribution in [0, 0.1) is 0 Å². The van der Waals surface area contributed by atoms with E-state index in [9.17, 15) is 13.6 Å². The Morgan fingerprint density at radius 3 is 2.46 bits per heavy atom. The summed E-state index contributed by atoms with van der Waals surface area (Å²) in [5, 5.41) is 5.19. The number of amides is 1. The average Bonchev–Trinajstić information content (AvgIpc) is 2.98. The van der Waals surface area contributed by atoms with Gasteiger partial charge in [0.1, 0.15) is 5.56 Å². The van der Waals surface area contributed by atoms with Crippen molar-refractivity contribution in [3.63, 3.8) is 0 Å². The number of halogens is 2. The molecule has 3 aromatic rings. The number of aryl methyl sites for hydroxylation is 1. The Morgan fingerprint density at radius 1 is 1.08 bits per heavy atom. The van der Waals surface area contributed by atoms with Crippen molar-refractivity contribution in [2.75, 3.05) is 5.32 Å². The Labute approximate surface area is 137 Å². The molecule has 3 rings (SSSR count). The highest BCUT2D eigenvalue weighted by atomic mass is 19.3. The van der Waals surface area contributed by atoms with Gasteiger partial charge in [-0.25, -0.2) is 8.78 Å². The van der Waals surface area contributed by atoms with Crippen LogP contribution in [-0.4, -0.2) is 11.0 Å². The molecule has 0 aliphatic carbocycles. The van der Waals surface area contributed by atoms with Crippen LogP contribution >= 0.6 is 0 Å². The predicted octanol–water partition coefficient (Wildman–Crippen LogP) is 3.70. The molecule has 0 spiro atoms. The van der Waals surface area contributed by atoms with E-state index < -0.39 is 18.0 Å². The summed E-state index contributed by atoms with van der Waals surface area (Å²) < 4.78 is 27.5. The van der Waals surface area contributed by atoms with Crippen LogP contribution in [0.2, 0.25) is 0 Å². The van der Waals surface area contributed by atoms with Gasteiger partial charge in [-0.2, -0.15) is 5.10 Å². The van der Waals surface area contributed by atoms with Crippen molar-refractivity contribution in [2.24, 2.45) is 7.05 Å². The minimum atomic E-state index is -2.75. The van der Waals surface area contributed by atoms with Crippen molar-refractivity contribution in [3.05, 3.63) is 72.1 Å². The van der Waals surface area contributed by atoms with Crippen LogP contribution in [0.3, 0.4) is 0 Å². The highest BCUT2D eigenvalue weighted by Crippen LogP contribution is 2.28. The van der Waals surface area contributed by atoms with E-state index in [4.69, 9.17) is 0 Å². The molecule has 0 radical (unpaired) electrons. The van der Waals surface area contributed by atoms with Crippen LogP contribution < -0.4 is 10.00 Å². The summed E-state index contributed by atoms with van der Waals surface area (Å²) in [5.74, 6) is -0.578. The van der Waals surface area contributed by atoms with Gasteiger partial charge in [-0.3, -0.25) is 4.79 Å². The Morgan fingerprint density at radius 2 is 1.75 bits per heavy atom. The molecule has 122 valence electrons. The van der Waals surface area contributed by atoms with Gasteiger partial charge in [0.15, 0.2) is 12.7 Å². The van der Waals surface area contributed by atoms with E-state index in [-0.39, 0.29) is 5.56 Å². The number of rotatable bonds is 4. The van der Waals surface area contributed by atoms with E-state index in [1.807, 2.05) is 42.5 Å². The van der Waals surface area contributed by atoms with E-state index in [1.54, 1.807) is 19.2 Å². The number of carbonyl (C=O) groups excluding carboxylic acids is 1. The van der Waals surface area contributed by atoms with Gasteiger partial charge in [0, 0.05) is 11.3 Å². The van der Waals surface area contributed by atoms with Crippen molar-refractivity contribution in [1.82, 2.24) is 5.10 Å². The summed E-state index contributed by atoms with van der Waals surface area (Å²) in [6.07, 6.45) is -1.40. The van der Waals surface area contributed by atoms with Gasteiger partial charge in [-0.05, 0) is 11.6 Å². The SMILES string of the molecule is C[n+]1cc(C(=O)Nc2ccccc2-c2ccccc2)c(C(F)F)[nH]1. The standard InChI is InChI=1S/C18H15F2N3O/c1-23-11-14(16(22-23)17(19)20)18(24)21-15-10-6-5-9-13(15)12-7-3-2-4-8-12/h2-11,17H,1H3,(H,21,24)/p+1. The number of nitrogens with one attached hydrogen (secondary N) is 2. The van der Waals surface area contributed by atoms with Crippen molar-refractivity contribution in [2.45, 2.75) is 6.43 Å². The molecule has 4 nitrogen and oxygen atoms in total. The zero-order valence-corrected chi connectivity index (χ0v) is 13.0. The number of hydrogen-bond donors (Lipinski definition) is 2. The van der Waals surface area contributed by atoms with Crippen molar-refractivity contribution < 1.29 is 18.3 Å². The molecule has 0 atom stereocenters. The maximum atomic E-state index is 13.1. The lowest BCUT2D eigenvalue weighted by Gasteiger charge is -2.10. The number of para-hydroxylation sites is 1. The summed E-state index contributed by atoms with van der Waals surface area (Å²) >= 11 is 0. The topological polar surface area (TPSA) is 48.8 Å². The quantitative estimate of drug-likeness (QED) is 0.705. The number of H-pyrrole nitrogens is 1. The number of aromatic nitrogens is 2. The number of alkyl halides is 2. The van der Waals surface area contributed by atoms with Crippen LogP contribution in [0.1, 0.15) is 22.5 Å². The predicted molar refractivity (Wildman–Crippen MR) is 86.8 cm³/mol. The van der Waals surface area contributed by atoms with Gasteiger partial charge in [0.25, 0.3) is 12.3 Å². The lowest BCUT2D eigenvalue weighted by molar-refractivity contribution is -0.727. The lowest BCUT2D eigenvalue weighted by atomic mass is 10.0. The second-order valence-electron chi connectivity index (χ2n) is 5.35. The summed E-state index contributed by atoms with van der Waals surface area (Å²) in [7, 11) is 1.56. The molecular formula is C18H16F2N3O+. The largest absolute Gasteiger partial charge is 0.321 e. The third-order valence-corrected chi connectivity index (χ3v) is 3.63. The number of carbonyl (C=O) groups is 1. The Bertz CT molecular complexity index is 860. The van der Waals surface area contributed by atoms with Crippen LogP contribution in [0.4, 0.5) is 14.5 Å². The number of benzene rings is 2. The van der Waals surface area contributed by atoms with Crippen LogP contribution in [-0.2, 0) is 7.05 Å². The smallest absolute Gasteiger partial charge is 0.284 e. The minimum Gasteiger partial charge on any atom is -0.321 e. The van der Waals surface area contributed by atoms with Gasteiger partial charge in [-0.1, -0.05) is 48.5 Å². The van der Waals surface area contributed by atoms with E-state index in [0.29, 0.717) is 5.69 Å². The molecule has 0 saturated heterocycles. The lowest BCUT2D eigenvalue weighted by Crippen LogP contribution is -2.29. The third kappa shape index (κ3) is 3.17. The molecule has 1 heterocycles. The zero-order valence-electron chi connectivity index (χ0n) is 13.0. The van der Waals surface area contributed by atoms with Crippen LogP contribution in [0.25, 0.3) is 11.1 Å². The normalized spacial score (nSPS) is 10.8. The van der Waals surface area contributed by atoms with E-state index >= 15 is 0 Å². The van der Waals surface area contributed by atoms with Gasteiger partial charge in [0.2, 0.25) is 6.20 Å².